The molecule has 1 aromatic heterocycles. The van der Waals surface area contributed by atoms with E-state index in [0.717, 1.165) is 50.3 Å². The van der Waals surface area contributed by atoms with Gasteiger partial charge in [0.2, 0.25) is 0 Å². The van der Waals surface area contributed by atoms with Crippen molar-refractivity contribution < 1.29 is 0 Å². The van der Waals surface area contributed by atoms with Gasteiger partial charge in [0.15, 0.2) is 5.82 Å². The molecule has 0 spiro atoms. The fraction of sp³-hybridized carbons (Fsp3) is 0.0612. The Kier molecular flexibility index (Phi) is 7.51. The SMILES string of the molecule is CC1(C)c2ccccc2-c2cc(-c3ccc(-c4cccc(-c5nc(-c6ccccc6)cc(-c6ccccc6)n5)c4-c4ccccc4)cc3)ccc21. The molecular weight excluding hydrogens is 617 g/mol. The Morgan fingerprint density at radius 1 is 0.333 bits per heavy atom. The number of aromatic nitrogens is 2. The smallest absolute Gasteiger partial charge is 0.161 e. The van der Waals surface area contributed by atoms with Gasteiger partial charge in [-0.15, -0.1) is 0 Å². The molecule has 2 heteroatoms. The second-order valence-corrected chi connectivity index (χ2v) is 13.8. The van der Waals surface area contributed by atoms with E-state index in [2.05, 4.69) is 184 Å². The van der Waals surface area contributed by atoms with Crippen molar-refractivity contribution in [1.29, 1.82) is 0 Å². The zero-order chi connectivity index (χ0) is 34.4. The van der Waals surface area contributed by atoms with Crippen LogP contribution in [0.15, 0.2) is 182 Å². The van der Waals surface area contributed by atoms with E-state index in [9.17, 15) is 0 Å². The molecule has 242 valence electrons. The Morgan fingerprint density at radius 2 is 0.824 bits per heavy atom. The molecule has 1 aliphatic rings. The van der Waals surface area contributed by atoms with Crippen LogP contribution in [0, 0.1) is 0 Å². The van der Waals surface area contributed by atoms with Gasteiger partial charge in [-0.05, 0) is 62.2 Å². The highest BCUT2D eigenvalue weighted by atomic mass is 14.9. The maximum absolute atomic E-state index is 5.22. The normalized spacial score (nSPS) is 12.7. The van der Waals surface area contributed by atoms with Crippen molar-refractivity contribution >= 4 is 0 Å². The molecule has 51 heavy (non-hydrogen) atoms. The molecule has 2 nitrogen and oxygen atoms in total. The molecule has 0 saturated carbocycles. The van der Waals surface area contributed by atoms with Crippen molar-refractivity contribution in [3.63, 3.8) is 0 Å². The van der Waals surface area contributed by atoms with Gasteiger partial charge in [-0.25, -0.2) is 9.97 Å². The molecule has 0 unspecified atom stereocenters. The quantitative estimate of drug-likeness (QED) is 0.179. The van der Waals surface area contributed by atoms with Crippen molar-refractivity contribution in [3.05, 3.63) is 193 Å². The Balaban J connectivity index is 1.17. The van der Waals surface area contributed by atoms with Gasteiger partial charge in [0.25, 0.3) is 0 Å². The summed E-state index contributed by atoms with van der Waals surface area (Å²) in [6.07, 6.45) is 0. The maximum Gasteiger partial charge on any atom is 0.161 e. The molecule has 0 fully saturated rings. The monoisotopic (exact) mass is 652 g/mol. The topological polar surface area (TPSA) is 25.8 Å². The average Bonchev–Trinajstić information content (AvgIpc) is 3.44. The van der Waals surface area contributed by atoms with Crippen molar-refractivity contribution in [1.82, 2.24) is 9.97 Å². The summed E-state index contributed by atoms with van der Waals surface area (Å²) in [6.45, 7) is 4.66. The van der Waals surface area contributed by atoms with Crippen LogP contribution in [0.25, 0.3) is 78.4 Å². The number of rotatable bonds is 6. The van der Waals surface area contributed by atoms with Gasteiger partial charge in [0.1, 0.15) is 0 Å². The van der Waals surface area contributed by atoms with Gasteiger partial charge in [0, 0.05) is 27.7 Å². The minimum atomic E-state index is -0.000637. The van der Waals surface area contributed by atoms with Crippen LogP contribution in [0.4, 0.5) is 0 Å². The van der Waals surface area contributed by atoms with E-state index < -0.39 is 0 Å². The third-order valence-corrected chi connectivity index (χ3v) is 10.3. The lowest BCUT2D eigenvalue weighted by Gasteiger charge is -2.21. The molecule has 0 amide bonds. The number of benzene rings is 7. The van der Waals surface area contributed by atoms with Crippen LogP contribution in [0.1, 0.15) is 25.0 Å². The second-order valence-electron chi connectivity index (χ2n) is 13.8. The molecule has 9 rings (SSSR count). The summed E-state index contributed by atoms with van der Waals surface area (Å²) in [5.41, 5.74) is 17.3. The maximum atomic E-state index is 5.22. The predicted octanol–water partition coefficient (Wildman–Crippen LogP) is 12.8. The molecule has 1 heterocycles. The van der Waals surface area contributed by atoms with E-state index in [1.54, 1.807) is 0 Å². The highest BCUT2D eigenvalue weighted by Crippen LogP contribution is 2.49. The van der Waals surface area contributed by atoms with E-state index in [1.807, 2.05) is 12.1 Å². The van der Waals surface area contributed by atoms with Crippen LogP contribution in [0.2, 0.25) is 0 Å². The van der Waals surface area contributed by atoms with E-state index >= 15 is 0 Å². The summed E-state index contributed by atoms with van der Waals surface area (Å²) in [6, 6.07) is 64.8. The average molecular weight is 653 g/mol. The van der Waals surface area contributed by atoms with Crippen molar-refractivity contribution in [2.75, 3.05) is 0 Å². The number of hydrogen-bond acceptors (Lipinski definition) is 2. The van der Waals surface area contributed by atoms with Gasteiger partial charge in [-0.3, -0.25) is 0 Å². The summed E-state index contributed by atoms with van der Waals surface area (Å²) in [5, 5.41) is 0. The van der Waals surface area contributed by atoms with Crippen LogP contribution in [0.3, 0.4) is 0 Å². The zero-order valence-corrected chi connectivity index (χ0v) is 28.7. The third kappa shape index (κ3) is 5.46. The lowest BCUT2D eigenvalue weighted by molar-refractivity contribution is 0.660. The lowest BCUT2D eigenvalue weighted by atomic mass is 9.82. The van der Waals surface area contributed by atoms with Crippen LogP contribution in [-0.2, 0) is 5.41 Å². The van der Waals surface area contributed by atoms with E-state index in [4.69, 9.17) is 9.97 Å². The summed E-state index contributed by atoms with van der Waals surface area (Å²) >= 11 is 0. The summed E-state index contributed by atoms with van der Waals surface area (Å²) in [4.78, 5) is 10.4. The van der Waals surface area contributed by atoms with E-state index in [1.165, 1.54) is 33.4 Å². The largest absolute Gasteiger partial charge is 0.228 e. The molecular formula is C49H36N2. The first-order valence-electron chi connectivity index (χ1n) is 17.6. The third-order valence-electron chi connectivity index (χ3n) is 10.3. The fourth-order valence-electron chi connectivity index (χ4n) is 7.72. The van der Waals surface area contributed by atoms with Crippen LogP contribution in [0.5, 0.6) is 0 Å². The predicted molar refractivity (Wildman–Crippen MR) is 212 cm³/mol. The summed E-state index contributed by atoms with van der Waals surface area (Å²) in [7, 11) is 0. The molecule has 1 aliphatic carbocycles. The first kappa shape index (κ1) is 30.7. The highest BCUT2D eigenvalue weighted by molar-refractivity contribution is 5.94. The second kappa shape index (κ2) is 12.5. The number of hydrogen-bond donors (Lipinski definition) is 0. The minimum Gasteiger partial charge on any atom is -0.228 e. The standard InChI is InChI=1S/C49H36N2/c1-49(2)43-24-13-12-21-40(43)42-31-38(29-30-44(42)49)33-25-27-34(28-26-33)39-22-14-23-41(47(39)37-19-10-5-11-20-37)48-50-45(35-15-6-3-7-16-35)32-46(51-48)36-17-8-4-9-18-36/h3-32H,1-2H3. The lowest BCUT2D eigenvalue weighted by Crippen LogP contribution is -2.14. The minimum absolute atomic E-state index is 0.000637. The van der Waals surface area contributed by atoms with Crippen molar-refractivity contribution in [3.8, 4) is 78.4 Å². The molecule has 0 radical (unpaired) electrons. The molecule has 0 bridgehead atoms. The van der Waals surface area contributed by atoms with Crippen molar-refractivity contribution in [2.45, 2.75) is 19.3 Å². The van der Waals surface area contributed by atoms with Crippen molar-refractivity contribution in [2.24, 2.45) is 0 Å². The zero-order valence-electron chi connectivity index (χ0n) is 28.7. The fourth-order valence-corrected chi connectivity index (χ4v) is 7.72. The number of fused-ring (bicyclic) bond motifs is 3. The Labute approximate surface area is 299 Å². The summed E-state index contributed by atoms with van der Waals surface area (Å²) < 4.78 is 0. The molecule has 7 aromatic carbocycles. The molecule has 0 aliphatic heterocycles. The highest BCUT2D eigenvalue weighted by Gasteiger charge is 2.35. The van der Waals surface area contributed by atoms with Gasteiger partial charge in [-0.2, -0.15) is 0 Å². The van der Waals surface area contributed by atoms with Gasteiger partial charge < -0.3 is 0 Å². The first-order chi connectivity index (χ1) is 25.0. The Morgan fingerprint density at radius 3 is 1.47 bits per heavy atom. The Hall–Kier alpha value is -6.38. The molecule has 0 atom stereocenters. The van der Waals surface area contributed by atoms with Crippen LogP contribution >= 0.6 is 0 Å². The van der Waals surface area contributed by atoms with E-state index in [0.29, 0.717) is 5.82 Å². The van der Waals surface area contributed by atoms with Gasteiger partial charge in [-0.1, -0.05) is 184 Å². The van der Waals surface area contributed by atoms with E-state index in [-0.39, 0.29) is 5.41 Å². The first-order valence-corrected chi connectivity index (χ1v) is 17.6. The number of nitrogens with zero attached hydrogens (tertiary/aromatic N) is 2. The van der Waals surface area contributed by atoms with Gasteiger partial charge in [0.05, 0.1) is 11.4 Å². The van der Waals surface area contributed by atoms with Gasteiger partial charge >= 0.3 is 0 Å². The molecule has 0 N–H and O–H groups in total. The van der Waals surface area contributed by atoms with Crippen LogP contribution in [-0.4, -0.2) is 9.97 Å². The Bertz CT molecular complexity index is 2460. The molecule has 0 saturated heterocycles. The summed E-state index contributed by atoms with van der Waals surface area (Å²) in [5.74, 6) is 0.703. The molecule has 8 aromatic rings. The van der Waals surface area contributed by atoms with Crippen LogP contribution < -0.4 is 0 Å².